The Morgan fingerprint density at radius 2 is 0.889 bits per heavy atom. The van der Waals surface area contributed by atoms with Crippen LogP contribution in [0.25, 0.3) is 88.1 Å². The van der Waals surface area contributed by atoms with Gasteiger partial charge in [-0.1, -0.05) is 97.1 Å². The van der Waals surface area contributed by atoms with Gasteiger partial charge in [0.1, 0.15) is 11.2 Å². The van der Waals surface area contributed by atoms with E-state index in [2.05, 4.69) is 155 Å². The van der Waals surface area contributed by atoms with Crippen LogP contribution in [0.15, 0.2) is 162 Å². The SMILES string of the molecule is c1cc(-c2cccc3oc4ccccc4c23)cc(-n2c3ccccc3c3cc(-n4c5ccccc5c5ccccc54)ccc32)c1. The molecule has 3 heteroatoms. The summed E-state index contributed by atoms with van der Waals surface area (Å²) < 4.78 is 11.0. The second-order valence-electron chi connectivity index (χ2n) is 11.8. The molecule has 0 bridgehead atoms. The molecular weight excluding hydrogens is 548 g/mol. The molecule has 10 aromatic rings. The van der Waals surface area contributed by atoms with Crippen molar-refractivity contribution in [2.45, 2.75) is 0 Å². The molecule has 45 heavy (non-hydrogen) atoms. The van der Waals surface area contributed by atoms with Gasteiger partial charge >= 0.3 is 0 Å². The first kappa shape index (κ1) is 24.4. The Bertz CT molecular complexity index is 2720. The maximum Gasteiger partial charge on any atom is 0.136 e. The summed E-state index contributed by atoms with van der Waals surface area (Å²) in [5.41, 5.74) is 11.3. The zero-order chi connectivity index (χ0) is 29.5. The van der Waals surface area contributed by atoms with Crippen molar-refractivity contribution in [3.05, 3.63) is 158 Å². The van der Waals surface area contributed by atoms with Crippen molar-refractivity contribution in [1.82, 2.24) is 9.13 Å². The number of benzene rings is 7. The van der Waals surface area contributed by atoms with Gasteiger partial charge in [0.25, 0.3) is 0 Å². The molecule has 10 rings (SSSR count). The van der Waals surface area contributed by atoms with Crippen molar-refractivity contribution in [1.29, 1.82) is 0 Å². The van der Waals surface area contributed by atoms with Crippen LogP contribution in [0.5, 0.6) is 0 Å². The lowest BCUT2D eigenvalue weighted by Crippen LogP contribution is -1.96. The van der Waals surface area contributed by atoms with E-state index in [1.54, 1.807) is 0 Å². The molecule has 0 N–H and O–H groups in total. The van der Waals surface area contributed by atoms with Gasteiger partial charge in [-0.05, 0) is 71.8 Å². The van der Waals surface area contributed by atoms with Crippen LogP contribution in [0.3, 0.4) is 0 Å². The summed E-state index contributed by atoms with van der Waals surface area (Å²) in [7, 11) is 0. The minimum atomic E-state index is 0.911. The van der Waals surface area contributed by atoms with Gasteiger partial charge in [0.05, 0.1) is 22.1 Å². The average Bonchev–Trinajstić information content (AvgIpc) is 3.76. The first-order valence-electron chi connectivity index (χ1n) is 15.4. The number of furan rings is 1. The van der Waals surface area contributed by atoms with Crippen LogP contribution in [0.4, 0.5) is 0 Å². The minimum absolute atomic E-state index is 0.911. The van der Waals surface area contributed by atoms with Crippen LogP contribution >= 0.6 is 0 Å². The fraction of sp³-hybridized carbons (Fsp3) is 0. The molecule has 3 aromatic heterocycles. The molecule has 0 unspecified atom stereocenters. The average molecular weight is 575 g/mol. The highest BCUT2D eigenvalue weighted by atomic mass is 16.3. The Kier molecular flexibility index (Phi) is 5.00. The van der Waals surface area contributed by atoms with E-state index in [-0.39, 0.29) is 0 Å². The summed E-state index contributed by atoms with van der Waals surface area (Å²) in [6.45, 7) is 0. The van der Waals surface area contributed by atoms with Crippen LogP contribution in [0, 0.1) is 0 Å². The Morgan fingerprint density at radius 3 is 1.60 bits per heavy atom. The van der Waals surface area contributed by atoms with Gasteiger partial charge in [0, 0.05) is 43.7 Å². The van der Waals surface area contributed by atoms with Gasteiger partial charge in [0.2, 0.25) is 0 Å². The quantitative estimate of drug-likeness (QED) is 0.206. The Balaban J connectivity index is 1.21. The van der Waals surface area contributed by atoms with E-state index in [9.17, 15) is 0 Å². The molecule has 7 aromatic carbocycles. The van der Waals surface area contributed by atoms with Crippen molar-refractivity contribution < 1.29 is 4.42 Å². The highest BCUT2D eigenvalue weighted by Crippen LogP contribution is 2.40. The maximum absolute atomic E-state index is 6.22. The van der Waals surface area contributed by atoms with Gasteiger partial charge in [-0.15, -0.1) is 0 Å². The highest BCUT2D eigenvalue weighted by molar-refractivity contribution is 6.14. The van der Waals surface area contributed by atoms with Crippen molar-refractivity contribution in [3.8, 4) is 22.5 Å². The Morgan fingerprint density at radius 1 is 0.356 bits per heavy atom. The number of aromatic nitrogens is 2. The van der Waals surface area contributed by atoms with E-state index in [1.807, 2.05) is 12.1 Å². The number of fused-ring (bicyclic) bond motifs is 9. The fourth-order valence-corrected chi connectivity index (χ4v) is 7.41. The summed E-state index contributed by atoms with van der Waals surface area (Å²) in [6.07, 6.45) is 0. The lowest BCUT2D eigenvalue weighted by atomic mass is 9.99. The number of hydrogen-bond donors (Lipinski definition) is 0. The van der Waals surface area contributed by atoms with Gasteiger partial charge in [0.15, 0.2) is 0 Å². The molecular formula is C42H26N2O. The summed E-state index contributed by atoms with van der Waals surface area (Å²) in [4.78, 5) is 0. The molecule has 3 heterocycles. The van der Waals surface area contributed by atoms with Crippen LogP contribution < -0.4 is 0 Å². The van der Waals surface area contributed by atoms with E-state index < -0.39 is 0 Å². The highest BCUT2D eigenvalue weighted by Gasteiger charge is 2.17. The lowest BCUT2D eigenvalue weighted by molar-refractivity contribution is 0.669. The van der Waals surface area contributed by atoms with E-state index in [4.69, 9.17) is 4.42 Å². The summed E-state index contributed by atoms with van der Waals surface area (Å²) in [5.74, 6) is 0. The van der Waals surface area contributed by atoms with Gasteiger partial charge < -0.3 is 13.6 Å². The third kappa shape index (κ3) is 3.46. The molecule has 210 valence electrons. The van der Waals surface area contributed by atoms with Crippen molar-refractivity contribution in [2.75, 3.05) is 0 Å². The van der Waals surface area contributed by atoms with Gasteiger partial charge in [-0.3, -0.25) is 0 Å². The number of nitrogens with zero attached hydrogens (tertiary/aromatic N) is 2. The monoisotopic (exact) mass is 574 g/mol. The molecule has 0 aliphatic carbocycles. The molecule has 0 radical (unpaired) electrons. The largest absolute Gasteiger partial charge is 0.456 e. The van der Waals surface area contributed by atoms with E-state index in [1.165, 1.54) is 49.2 Å². The maximum atomic E-state index is 6.22. The summed E-state index contributed by atoms with van der Waals surface area (Å²) in [5, 5.41) is 7.31. The molecule has 0 saturated heterocycles. The number of para-hydroxylation sites is 4. The Hall–Kier alpha value is -6.06. The topological polar surface area (TPSA) is 23.0 Å². The standard InChI is InChI=1S/C42H26N2O/c1-5-18-36-31(13-1)32-14-2-6-19-37(32)44(36)29-23-24-39-35(26-29)33-15-3-7-20-38(33)43(39)28-12-9-11-27(25-28)30-17-10-22-41-42(30)34-16-4-8-21-40(34)45-41/h1-26H. The molecule has 0 saturated carbocycles. The predicted octanol–water partition coefficient (Wildman–Crippen LogP) is 11.4. The smallest absolute Gasteiger partial charge is 0.136 e. The van der Waals surface area contributed by atoms with E-state index in [0.29, 0.717) is 0 Å². The third-order valence-corrected chi connectivity index (χ3v) is 9.31. The zero-order valence-electron chi connectivity index (χ0n) is 24.3. The molecule has 3 nitrogen and oxygen atoms in total. The van der Waals surface area contributed by atoms with E-state index in [0.717, 1.165) is 38.9 Å². The van der Waals surface area contributed by atoms with Crippen molar-refractivity contribution in [2.24, 2.45) is 0 Å². The molecule has 0 aliphatic heterocycles. The van der Waals surface area contributed by atoms with Crippen LogP contribution in [-0.4, -0.2) is 9.13 Å². The second-order valence-corrected chi connectivity index (χ2v) is 11.8. The molecule has 0 atom stereocenters. The zero-order valence-corrected chi connectivity index (χ0v) is 24.3. The normalized spacial score (nSPS) is 12.0. The summed E-state index contributed by atoms with van der Waals surface area (Å²) in [6, 6.07) is 56.6. The first-order valence-corrected chi connectivity index (χ1v) is 15.4. The van der Waals surface area contributed by atoms with Crippen molar-refractivity contribution in [3.63, 3.8) is 0 Å². The van der Waals surface area contributed by atoms with Crippen LogP contribution in [0.1, 0.15) is 0 Å². The van der Waals surface area contributed by atoms with Gasteiger partial charge in [-0.25, -0.2) is 0 Å². The van der Waals surface area contributed by atoms with Crippen LogP contribution in [0.2, 0.25) is 0 Å². The molecule has 0 spiro atoms. The van der Waals surface area contributed by atoms with Crippen molar-refractivity contribution >= 4 is 65.6 Å². The number of hydrogen-bond acceptors (Lipinski definition) is 1. The lowest BCUT2D eigenvalue weighted by Gasteiger charge is -2.12. The number of rotatable bonds is 3. The third-order valence-electron chi connectivity index (χ3n) is 9.31. The van der Waals surface area contributed by atoms with Crippen LogP contribution in [-0.2, 0) is 0 Å². The van der Waals surface area contributed by atoms with E-state index >= 15 is 0 Å². The fourth-order valence-electron chi connectivity index (χ4n) is 7.41. The molecule has 0 fully saturated rings. The summed E-state index contributed by atoms with van der Waals surface area (Å²) >= 11 is 0. The Labute approximate surface area is 258 Å². The first-order chi connectivity index (χ1) is 22.3. The minimum Gasteiger partial charge on any atom is -0.456 e. The van der Waals surface area contributed by atoms with Gasteiger partial charge in [-0.2, -0.15) is 0 Å². The second kappa shape index (κ2) is 9.22. The molecule has 0 aliphatic rings. The molecule has 0 amide bonds. The predicted molar refractivity (Wildman–Crippen MR) is 188 cm³/mol.